The molecule has 2 rings (SSSR count). The molecule has 5 nitrogen and oxygen atoms in total. The molecule has 1 saturated heterocycles. The standard InChI is InChI=1S/C15H19NO4/c17-14(12-8-9-20-10-12)16-13(15(18)19)7-6-11-4-2-1-3-5-11/h1-5,12-13H,6-10H2,(H,16,17)(H,18,19)/t12?,13-/m0/s1. The summed E-state index contributed by atoms with van der Waals surface area (Å²) < 4.78 is 5.14. The maximum Gasteiger partial charge on any atom is 0.326 e. The third-order valence-corrected chi connectivity index (χ3v) is 3.48. The van der Waals surface area contributed by atoms with Gasteiger partial charge in [0.25, 0.3) is 0 Å². The first-order chi connectivity index (χ1) is 9.66. The van der Waals surface area contributed by atoms with E-state index in [-0.39, 0.29) is 11.8 Å². The first-order valence-electron chi connectivity index (χ1n) is 6.81. The van der Waals surface area contributed by atoms with Crippen molar-refractivity contribution in [3.8, 4) is 0 Å². The van der Waals surface area contributed by atoms with Gasteiger partial charge in [0.15, 0.2) is 0 Å². The second kappa shape index (κ2) is 7.05. The molecule has 1 aliphatic rings. The van der Waals surface area contributed by atoms with E-state index in [1.807, 2.05) is 30.3 Å². The lowest BCUT2D eigenvalue weighted by Crippen LogP contribution is -2.44. The largest absolute Gasteiger partial charge is 0.480 e. The Morgan fingerprint density at radius 1 is 1.35 bits per heavy atom. The van der Waals surface area contributed by atoms with E-state index in [1.54, 1.807) is 0 Å². The fraction of sp³-hybridized carbons (Fsp3) is 0.467. The van der Waals surface area contributed by atoms with E-state index >= 15 is 0 Å². The summed E-state index contributed by atoms with van der Waals surface area (Å²) in [6.07, 6.45) is 1.68. The topological polar surface area (TPSA) is 75.6 Å². The van der Waals surface area contributed by atoms with Crippen molar-refractivity contribution in [2.24, 2.45) is 5.92 Å². The van der Waals surface area contributed by atoms with Crippen LogP contribution in [0.25, 0.3) is 0 Å². The van der Waals surface area contributed by atoms with Gasteiger partial charge in [-0.2, -0.15) is 0 Å². The van der Waals surface area contributed by atoms with Gasteiger partial charge in [0.05, 0.1) is 12.5 Å². The van der Waals surface area contributed by atoms with Crippen LogP contribution in [0.5, 0.6) is 0 Å². The summed E-state index contributed by atoms with van der Waals surface area (Å²) in [4.78, 5) is 23.1. The minimum atomic E-state index is -0.992. The highest BCUT2D eigenvalue weighted by molar-refractivity contribution is 5.85. The van der Waals surface area contributed by atoms with Gasteiger partial charge < -0.3 is 15.2 Å². The molecule has 1 heterocycles. The second-order valence-electron chi connectivity index (χ2n) is 4.98. The van der Waals surface area contributed by atoms with Gasteiger partial charge in [0, 0.05) is 6.61 Å². The molecule has 2 N–H and O–H groups in total. The van der Waals surface area contributed by atoms with Crippen LogP contribution in [-0.2, 0) is 20.7 Å². The highest BCUT2D eigenvalue weighted by atomic mass is 16.5. The van der Waals surface area contributed by atoms with Crippen molar-refractivity contribution in [3.05, 3.63) is 35.9 Å². The summed E-state index contributed by atoms with van der Waals surface area (Å²) >= 11 is 0. The first-order valence-corrected chi connectivity index (χ1v) is 6.81. The van der Waals surface area contributed by atoms with E-state index < -0.39 is 12.0 Å². The van der Waals surface area contributed by atoms with Gasteiger partial charge in [-0.15, -0.1) is 0 Å². The molecule has 1 aromatic carbocycles. The number of carbonyl (C=O) groups is 2. The van der Waals surface area contributed by atoms with Gasteiger partial charge in [-0.3, -0.25) is 4.79 Å². The Morgan fingerprint density at radius 3 is 2.70 bits per heavy atom. The fourth-order valence-electron chi connectivity index (χ4n) is 2.24. The quantitative estimate of drug-likeness (QED) is 0.820. The number of nitrogens with one attached hydrogen (secondary N) is 1. The summed E-state index contributed by atoms with van der Waals surface area (Å²) in [5.41, 5.74) is 1.07. The van der Waals surface area contributed by atoms with Crippen molar-refractivity contribution in [1.82, 2.24) is 5.32 Å². The Kier molecular flexibility index (Phi) is 5.12. The number of aliphatic carboxylic acids is 1. The summed E-state index contributed by atoms with van der Waals surface area (Å²) in [6.45, 7) is 0.955. The number of ether oxygens (including phenoxy) is 1. The summed E-state index contributed by atoms with van der Waals surface area (Å²) in [5, 5.41) is 11.8. The van der Waals surface area contributed by atoms with Crippen molar-refractivity contribution >= 4 is 11.9 Å². The average Bonchev–Trinajstić information content (AvgIpc) is 2.98. The normalized spacial score (nSPS) is 19.5. The Hall–Kier alpha value is -1.88. The lowest BCUT2D eigenvalue weighted by molar-refractivity contribution is -0.142. The second-order valence-corrected chi connectivity index (χ2v) is 4.98. The molecule has 0 bridgehead atoms. The van der Waals surface area contributed by atoms with E-state index in [0.717, 1.165) is 5.56 Å². The molecule has 0 saturated carbocycles. The summed E-state index contributed by atoms with van der Waals surface area (Å²) in [5.74, 6) is -1.43. The lowest BCUT2D eigenvalue weighted by Gasteiger charge is -2.16. The van der Waals surface area contributed by atoms with Crippen LogP contribution in [0.2, 0.25) is 0 Å². The molecule has 0 spiro atoms. The first kappa shape index (κ1) is 14.5. The zero-order chi connectivity index (χ0) is 14.4. The van der Waals surface area contributed by atoms with Crippen LogP contribution in [0.1, 0.15) is 18.4 Å². The Labute approximate surface area is 117 Å². The minimum absolute atomic E-state index is 0.214. The third-order valence-electron chi connectivity index (χ3n) is 3.48. The van der Waals surface area contributed by atoms with Crippen LogP contribution in [0, 0.1) is 5.92 Å². The van der Waals surface area contributed by atoms with Gasteiger partial charge in [-0.25, -0.2) is 4.79 Å². The summed E-state index contributed by atoms with van der Waals surface area (Å²) in [6, 6.07) is 8.80. The van der Waals surface area contributed by atoms with Gasteiger partial charge in [0.1, 0.15) is 6.04 Å². The number of carbonyl (C=O) groups excluding carboxylic acids is 1. The van der Waals surface area contributed by atoms with Crippen molar-refractivity contribution in [2.45, 2.75) is 25.3 Å². The SMILES string of the molecule is O=C(N[C@@H](CCc1ccccc1)C(=O)O)C1CCOC1. The Bertz CT molecular complexity index is 454. The van der Waals surface area contributed by atoms with Crippen LogP contribution in [0.4, 0.5) is 0 Å². The van der Waals surface area contributed by atoms with Gasteiger partial charge in [-0.1, -0.05) is 30.3 Å². The average molecular weight is 277 g/mol. The molecule has 1 aliphatic heterocycles. The number of hydrogen-bond acceptors (Lipinski definition) is 3. The van der Waals surface area contributed by atoms with Crippen LogP contribution in [-0.4, -0.2) is 36.2 Å². The minimum Gasteiger partial charge on any atom is -0.480 e. The van der Waals surface area contributed by atoms with Gasteiger partial charge >= 0.3 is 5.97 Å². The molecule has 20 heavy (non-hydrogen) atoms. The molecule has 1 unspecified atom stereocenters. The molecule has 0 aliphatic carbocycles. The fourth-order valence-corrected chi connectivity index (χ4v) is 2.24. The molecule has 0 radical (unpaired) electrons. The number of hydrogen-bond donors (Lipinski definition) is 2. The van der Waals surface area contributed by atoms with Crippen molar-refractivity contribution in [1.29, 1.82) is 0 Å². The molecule has 1 amide bonds. The van der Waals surface area contributed by atoms with Crippen LogP contribution < -0.4 is 5.32 Å². The van der Waals surface area contributed by atoms with E-state index in [4.69, 9.17) is 4.74 Å². The molecular formula is C15H19NO4. The molecule has 108 valence electrons. The molecule has 1 aromatic rings. The maximum absolute atomic E-state index is 11.9. The van der Waals surface area contributed by atoms with E-state index in [1.165, 1.54) is 0 Å². The van der Waals surface area contributed by atoms with Crippen LogP contribution in [0.3, 0.4) is 0 Å². The Morgan fingerprint density at radius 2 is 2.10 bits per heavy atom. The zero-order valence-electron chi connectivity index (χ0n) is 11.2. The molecule has 5 heteroatoms. The maximum atomic E-state index is 11.9. The van der Waals surface area contributed by atoms with Crippen molar-refractivity contribution in [3.63, 3.8) is 0 Å². The third kappa shape index (κ3) is 4.06. The smallest absolute Gasteiger partial charge is 0.326 e. The predicted octanol–water partition coefficient (Wildman–Crippen LogP) is 1.23. The van der Waals surface area contributed by atoms with E-state index in [0.29, 0.717) is 32.5 Å². The van der Waals surface area contributed by atoms with Crippen molar-refractivity contribution < 1.29 is 19.4 Å². The highest BCUT2D eigenvalue weighted by Crippen LogP contribution is 2.13. The highest BCUT2D eigenvalue weighted by Gasteiger charge is 2.27. The van der Waals surface area contributed by atoms with Gasteiger partial charge in [-0.05, 0) is 24.8 Å². The number of amides is 1. The number of rotatable bonds is 6. The molecule has 0 aromatic heterocycles. The molecule has 1 fully saturated rings. The number of benzene rings is 1. The lowest BCUT2D eigenvalue weighted by atomic mass is 10.0. The van der Waals surface area contributed by atoms with E-state index in [2.05, 4.69) is 5.32 Å². The van der Waals surface area contributed by atoms with E-state index in [9.17, 15) is 14.7 Å². The van der Waals surface area contributed by atoms with Crippen molar-refractivity contribution in [2.75, 3.05) is 13.2 Å². The summed E-state index contributed by atoms with van der Waals surface area (Å²) in [7, 11) is 0. The molecular weight excluding hydrogens is 258 g/mol. The number of carboxylic acids is 1. The Balaban J connectivity index is 1.87. The zero-order valence-corrected chi connectivity index (χ0v) is 11.2. The van der Waals surface area contributed by atoms with Crippen LogP contribution >= 0.6 is 0 Å². The monoisotopic (exact) mass is 277 g/mol. The number of aryl methyl sites for hydroxylation is 1. The molecule has 2 atom stereocenters. The number of carboxylic acid groups (broad SMARTS) is 1. The van der Waals surface area contributed by atoms with Gasteiger partial charge in [0.2, 0.25) is 5.91 Å². The predicted molar refractivity (Wildman–Crippen MR) is 73.3 cm³/mol. The van der Waals surface area contributed by atoms with Crippen LogP contribution in [0.15, 0.2) is 30.3 Å².